The number of benzene rings is 1. The van der Waals surface area contributed by atoms with Gasteiger partial charge in [0.1, 0.15) is 5.75 Å². The van der Waals surface area contributed by atoms with Crippen molar-refractivity contribution in [1.82, 2.24) is 0 Å². The van der Waals surface area contributed by atoms with Crippen LogP contribution in [0.25, 0.3) is 0 Å². The fraction of sp³-hybridized carbons (Fsp3) is 0.467. The van der Waals surface area contributed by atoms with Crippen molar-refractivity contribution >= 4 is 0 Å². The summed E-state index contributed by atoms with van der Waals surface area (Å²) in [7, 11) is 0. The molecule has 0 bridgehead atoms. The lowest BCUT2D eigenvalue weighted by molar-refractivity contribution is 0.00996. The minimum absolute atomic E-state index is 0.323. The molecule has 2 rings (SSSR count). The summed E-state index contributed by atoms with van der Waals surface area (Å²) < 4.78 is 11.0. The third-order valence-corrected chi connectivity index (χ3v) is 2.88. The van der Waals surface area contributed by atoms with Crippen LogP contribution in [0.4, 0.5) is 0 Å². The molecule has 96 valence electrons. The summed E-state index contributed by atoms with van der Waals surface area (Å²) in [6.45, 7) is 3.54. The Balaban J connectivity index is 1.83. The van der Waals surface area contributed by atoms with Gasteiger partial charge in [0.25, 0.3) is 0 Å². The van der Waals surface area contributed by atoms with Crippen LogP contribution in [0, 0.1) is 24.7 Å². The topological polar surface area (TPSA) is 44.5 Å². The highest BCUT2D eigenvalue weighted by Crippen LogP contribution is 2.28. The molecule has 1 aliphatic carbocycles. The predicted octanol–water partition coefficient (Wildman–Crippen LogP) is 2.07. The monoisotopic (exact) mass is 245 g/mol. The van der Waals surface area contributed by atoms with Gasteiger partial charge in [0.05, 0.1) is 13.2 Å². The SMILES string of the molecule is Cc1cc(OCOCC2CC2)ccc1C#CCN. The number of ether oxygens (including phenoxy) is 2. The van der Waals surface area contributed by atoms with Gasteiger partial charge in [-0.2, -0.15) is 0 Å². The van der Waals surface area contributed by atoms with E-state index >= 15 is 0 Å². The molecule has 0 atom stereocenters. The number of hydrogen-bond acceptors (Lipinski definition) is 3. The van der Waals surface area contributed by atoms with Gasteiger partial charge in [0.2, 0.25) is 0 Å². The Bertz CT molecular complexity index is 455. The summed E-state index contributed by atoms with van der Waals surface area (Å²) in [6, 6.07) is 5.84. The van der Waals surface area contributed by atoms with Gasteiger partial charge in [-0.15, -0.1) is 0 Å². The van der Waals surface area contributed by atoms with Crippen molar-refractivity contribution in [2.24, 2.45) is 11.7 Å². The third kappa shape index (κ3) is 4.06. The average molecular weight is 245 g/mol. The van der Waals surface area contributed by atoms with E-state index in [1.807, 2.05) is 25.1 Å². The minimum Gasteiger partial charge on any atom is -0.468 e. The van der Waals surface area contributed by atoms with Gasteiger partial charge < -0.3 is 15.2 Å². The zero-order valence-corrected chi connectivity index (χ0v) is 10.7. The third-order valence-electron chi connectivity index (χ3n) is 2.88. The van der Waals surface area contributed by atoms with Gasteiger partial charge in [-0.25, -0.2) is 0 Å². The zero-order valence-electron chi connectivity index (χ0n) is 10.7. The molecule has 18 heavy (non-hydrogen) atoms. The second-order valence-corrected chi connectivity index (χ2v) is 4.56. The van der Waals surface area contributed by atoms with Crippen molar-refractivity contribution in [3.8, 4) is 17.6 Å². The van der Waals surface area contributed by atoms with Crippen LogP contribution >= 0.6 is 0 Å². The van der Waals surface area contributed by atoms with E-state index in [2.05, 4.69) is 11.8 Å². The zero-order chi connectivity index (χ0) is 12.8. The number of nitrogens with two attached hydrogens (primary N) is 1. The highest BCUT2D eigenvalue weighted by atomic mass is 16.7. The quantitative estimate of drug-likeness (QED) is 0.490. The molecular weight excluding hydrogens is 226 g/mol. The fourth-order valence-corrected chi connectivity index (χ4v) is 1.62. The molecule has 3 heteroatoms. The lowest BCUT2D eigenvalue weighted by Crippen LogP contribution is -2.05. The second kappa shape index (κ2) is 6.44. The van der Waals surface area contributed by atoms with Crippen molar-refractivity contribution in [2.45, 2.75) is 19.8 Å². The van der Waals surface area contributed by atoms with E-state index < -0.39 is 0 Å². The number of aryl methyl sites for hydroxylation is 1. The molecule has 1 fully saturated rings. The van der Waals surface area contributed by atoms with Crippen molar-refractivity contribution in [2.75, 3.05) is 19.9 Å². The van der Waals surface area contributed by atoms with Gasteiger partial charge in [-0.1, -0.05) is 11.8 Å². The second-order valence-electron chi connectivity index (χ2n) is 4.56. The number of rotatable bonds is 5. The summed E-state index contributed by atoms with van der Waals surface area (Å²) in [5.74, 6) is 7.47. The van der Waals surface area contributed by atoms with Crippen LogP contribution in [0.5, 0.6) is 5.75 Å². The average Bonchev–Trinajstić information content (AvgIpc) is 3.18. The van der Waals surface area contributed by atoms with Crippen LogP contribution in [-0.2, 0) is 4.74 Å². The molecule has 1 aromatic carbocycles. The highest BCUT2D eigenvalue weighted by Gasteiger charge is 2.21. The first-order valence-electron chi connectivity index (χ1n) is 6.29. The molecule has 0 aromatic heterocycles. The lowest BCUT2D eigenvalue weighted by atomic mass is 10.1. The maximum Gasteiger partial charge on any atom is 0.189 e. The Hall–Kier alpha value is -1.50. The first kappa shape index (κ1) is 12.9. The smallest absolute Gasteiger partial charge is 0.189 e. The molecule has 0 spiro atoms. The van der Waals surface area contributed by atoms with Crippen molar-refractivity contribution in [3.63, 3.8) is 0 Å². The molecule has 1 aliphatic rings. The van der Waals surface area contributed by atoms with Gasteiger partial charge in [0.15, 0.2) is 6.79 Å². The van der Waals surface area contributed by atoms with Crippen molar-refractivity contribution < 1.29 is 9.47 Å². The van der Waals surface area contributed by atoms with Crippen LogP contribution in [0.15, 0.2) is 18.2 Å². The highest BCUT2D eigenvalue weighted by molar-refractivity contribution is 5.44. The van der Waals surface area contributed by atoms with Crippen LogP contribution < -0.4 is 10.5 Å². The normalized spacial score (nSPS) is 13.9. The standard InChI is InChI=1S/C15H19NO2/c1-12-9-15(7-6-14(12)3-2-8-16)18-11-17-10-13-4-5-13/h6-7,9,13H,4-5,8,10-11,16H2,1H3. The molecule has 0 aliphatic heterocycles. The minimum atomic E-state index is 0.323. The van der Waals surface area contributed by atoms with E-state index in [4.69, 9.17) is 15.2 Å². The summed E-state index contributed by atoms with van der Waals surface area (Å²) in [6.07, 6.45) is 2.60. The Morgan fingerprint density at radius 1 is 1.39 bits per heavy atom. The van der Waals surface area contributed by atoms with E-state index in [1.165, 1.54) is 12.8 Å². The van der Waals surface area contributed by atoms with E-state index in [1.54, 1.807) is 0 Å². The first-order chi connectivity index (χ1) is 8.79. The van der Waals surface area contributed by atoms with E-state index in [0.29, 0.717) is 13.3 Å². The summed E-state index contributed by atoms with van der Waals surface area (Å²) in [5, 5.41) is 0. The molecule has 1 saturated carbocycles. The molecule has 3 nitrogen and oxygen atoms in total. The van der Waals surface area contributed by atoms with Crippen molar-refractivity contribution in [3.05, 3.63) is 29.3 Å². The van der Waals surface area contributed by atoms with Crippen LogP contribution in [0.2, 0.25) is 0 Å². The van der Waals surface area contributed by atoms with Gasteiger partial charge >= 0.3 is 0 Å². The Morgan fingerprint density at radius 2 is 2.22 bits per heavy atom. The molecule has 0 amide bonds. The van der Waals surface area contributed by atoms with E-state index in [-0.39, 0.29) is 0 Å². The Labute approximate surface area is 108 Å². The fourth-order valence-electron chi connectivity index (χ4n) is 1.62. The maximum absolute atomic E-state index is 5.53. The Kier molecular flexibility index (Phi) is 4.63. The largest absolute Gasteiger partial charge is 0.468 e. The lowest BCUT2D eigenvalue weighted by Gasteiger charge is -2.08. The Morgan fingerprint density at radius 3 is 2.89 bits per heavy atom. The molecule has 2 N–H and O–H groups in total. The van der Waals surface area contributed by atoms with Crippen molar-refractivity contribution in [1.29, 1.82) is 0 Å². The van der Waals surface area contributed by atoms with Crippen LogP contribution in [0.1, 0.15) is 24.0 Å². The summed E-state index contributed by atoms with van der Waals surface area (Å²) in [4.78, 5) is 0. The van der Waals surface area contributed by atoms with Crippen LogP contribution in [-0.4, -0.2) is 19.9 Å². The van der Waals surface area contributed by atoms with E-state index in [0.717, 1.165) is 29.4 Å². The number of hydrogen-bond donors (Lipinski definition) is 1. The van der Waals surface area contributed by atoms with Gasteiger partial charge in [-0.05, 0) is 49.4 Å². The molecule has 1 aromatic rings. The molecule has 0 unspecified atom stereocenters. The van der Waals surface area contributed by atoms with Gasteiger partial charge in [-0.3, -0.25) is 0 Å². The molecule has 0 radical (unpaired) electrons. The van der Waals surface area contributed by atoms with E-state index in [9.17, 15) is 0 Å². The molecule has 0 saturated heterocycles. The molecular formula is C15H19NO2. The van der Waals surface area contributed by atoms with Gasteiger partial charge in [0, 0.05) is 5.56 Å². The predicted molar refractivity (Wildman–Crippen MR) is 71.3 cm³/mol. The summed E-state index contributed by atoms with van der Waals surface area (Å²) >= 11 is 0. The van der Waals surface area contributed by atoms with Crippen LogP contribution in [0.3, 0.4) is 0 Å². The maximum atomic E-state index is 5.53. The first-order valence-corrected chi connectivity index (χ1v) is 6.29. The summed E-state index contributed by atoms with van der Waals surface area (Å²) in [5.41, 5.74) is 7.44. The molecule has 0 heterocycles.